The molecule has 3 aromatic carbocycles. The van der Waals surface area contributed by atoms with Gasteiger partial charge < -0.3 is 24.7 Å². The molecule has 0 aromatic heterocycles. The van der Waals surface area contributed by atoms with E-state index in [2.05, 4.69) is 6.07 Å². The summed E-state index contributed by atoms with van der Waals surface area (Å²) in [6.07, 6.45) is 0. The molecule has 7 heteroatoms. The van der Waals surface area contributed by atoms with Gasteiger partial charge in [-0.1, -0.05) is 36.4 Å². The van der Waals surface area contributed by atoms with Gasteiger partial charge in [0.15, 0.2) is 6.61 Å². The Bertz CT molecular complexity index is 1210. The topological polar surface area (TPSA) is 104 Å². The fraction of sp³-hybridized carbons (Fsp3) is 0.120. The number of carbonyl (C=O) groups excluding carboxylic acids is 1. The lowest BCUT2D eigenvalue weighted by Crippen LogP contribution is -2.21. The minimum atomic E-state index is -0.560. The summed E-state index contributed by atoms with van der Waals surface area (Å²) < 4.78 is 21.8. The van der Waals surface area contributed by atoms with Gasteiger partial charge in [-0.05, 0) is 35.9 Å². The van der Waals surface area contributed by atoms with Gasteiger partial charge in [-0.15, -0.1) is 0 Å². The van der Waals surface area contributed by atoms with E-state index in [4.69, 9.17) is 24.7 Å². The summed E-state index contributed by atoms with van der Waals surface area (Å²) in [7, 11) is 1.58. The number of hydrogen-bond donors (Lipinski definition) is 1. The van der Waals surface area contributed by atoms with Gasteiger partial charge in [-0.2, -0.15) is 5.26 Å². The third-order valence-corrected chi connectivity index (χ3v) is 4.95. The van der Waals surface area contributed by atoms with E-state index in [1.165, 1.54) is 0 Å². The Balaban J connectivity index is 1.57. The van der Waals surface area contributed by atoms with Crippen LogP contribution in [0.15, 0.2) is 84.3 Å². The van der Waals surface area contributed by atoms with Crippen LogP contribution in [0.5, 0.6) is 23.0 Å². The first-order chi connectivity index (χ1) is 15.6. The summed E-state index contributed by atoms with van der Waals surface area (Å²) in [6, 6.07) is 23.5. The van der Waals surface area contributed by atoms with Gasteiger partial charge in [0.2, 0.25) is 5.88 Å². The van der Waals surface area contributed by atoms with E-state index in [-0.39, 0.29) is 18.2 Å². The van der Waals surface area contributed by atoms with E-state index in [0.717, 1.165) is 11.1 Å². The number of benzene rings is 3. The minimum Gasteiger partial charge on any atom is -0.497 e. The Morgan fingerprint density at radius 2 is 1.81 bits per heavy atom. The second-order valence-corrected chi connectivity index (χ2v) is 6.98. The van der Waals surface area contributed by atoms with E-state index < -0.39 is 11.9 Å². The highest BCUT2D eigenvalue weighted by atomic mass is 16.6. The van der Waals surface area contributed by atoms with E-state index in [1.807, 2.05) is 42.5 Å². The number of esters is 1. The molecule has 4 rings (SSSR count). The Labute approximate surface area is 185 Å². The van der Waals surface area contributed by atoms with Crippen molar-refractivity contribution in [2.75, 3.05) is 13.7 Å². The van der Waals surface area contributed by atoms with Crippen LogP contribution in [0.1, 0.15) is 17.0 Å². The maximum absolute atomic E-state index is 12.2. The summed E-state index contributed by atoms with van der Waals surface area (Å²) in [6.45, 7) is -0.241. The standard InChI is InChI=1S/C25H20N2O5/c1-29-18-9-5-6-16(12-18)24-20-11-10-19(13-22(20)32-25(27)21(24)14-26)31-23(28)15-30-17-7-3-2-4-8-17/h2-13,24H,15,27H2,1H3. The van der Waals surface area contributed by atoms with E-state index in [1.54, 1.807) is 37.4 Å². The van der Waals surface area contributed by atoms with Crippen LogP contribution in [0.4, 0.5) is 0 Å². The molecule has 1 heterocycles. The van der Waals surface area contributed by atoms with Crippen molar-refractivity contribution in [2.24, 2.45) is 5.73 Å². The quantitative estimate of drug-likeness (QED) is 0.469. The molecule has 0 saturated carbocycles. The van der Waals surface area contributed by atoms with Crippen molar-refractivity contribution in [1.29, 1.82) is 5.26 Å². The van der Waals surface area contributed by atoms with Gasteiger partial charge in [0, 0.05) is 11.6 Å². The molecule has 0 bridgehead atoms. The predicted octanol–water partition coefficient (Wildman–Crippen LogP) is 3.90. The SMILES string of the molecule is COc1cccc(C2C(C#N)=C(N)Oc3cc(OC(=O)COc4ccccc4)ccc32)c1. The molecule has 1 unspecified atom stereocenters. The lowest BCUT2D eigenvalue weighted by molar-refractivity contribution is -0.136. The Kier molecular flexibility index (Phi) is 5.95. The van der Waals surface area contributed by atoms with Gasteiger partial charge in [-0.25, -0.2) is 4.79 Å². The number of nitrogens with zero attached hydrogens (tertiary/aromatic N) is 1. The number of nitrogens with two attached hydrogens (primary N) is 1. The number of allylic oxidation sites excluding steroid dienone is 1. The molecule has 0 spiro atoms. The molecule has 1 aliphatic rings. The first-order valence-corrected chi connectivity index (χ1v) is 9.83. The van der Waals surface area contributed by atoms with Crippen molar-refractivity contribution < 1.29 is 23.7 Å². The summed E-state index contributed by atoms with van der Waals surface area (Å²) >= 11 is 0. The third kappa shape index (κ3) is 4.35. The lowest BCUT2D eigenvalue weighted by Gasteiger charge is -2.27. The largest absolute Gasteiger partial charge is 0.497 e. The van der Waals surface area contributed by atoms with Gasteiger partial charge in [-0.3, -0.25) is 0 Å². The highest BCUT2D eigenvalue weighted by Crippen LogP contribution is 2.43. The van der Waals surface area contributed by atoms with E-state index in [9.17, 15) is 10.1 Å². The minimum absolute atomic E-state index is 0.00343. The zero-order valence-electron chi connectivity index (χ0n) is 17.3. The molecule has 0 radical (unpaired) electrons. The fourth-order valence-corrected chi connectivity index (χ4v) is 3.48. The Morgan fingerprint density at radius 1 is 1.03 bits per heavy atom. The fourth-order valence-electron chi connectivity index (χ4n) is 3.48. The summed E-state index contributed by atoms with van der Waals surface area (Å²) in [5.74, 6) is 0.923. The molecule has 32 heavy (non-hydrogen) atoms. The van der Waals surface area contributed by atoms with Crippen LogP contribution >= 0.6 is 0 Å². The van der Waals surface area contributed by atoms with Crippen LogP contribution in [0, 0.1) is 11.3 Å². The number of hydrogen-bond acceptors (Lipinski definition) is 7. The third-order valence-electron chi connectivity index (χ3n) is 4.95. The monoisotopic (exact) mass is 428 g/mol. The smallest absolute Gasteiger partial charge is 0.349 e. The van der Waals surface area contributed by atoms with Gasteiger partial charge in [0.25, 0.3) is 0 Å². The van der Waals surface area contributed by atoms with Crippen LogP contribution in [0.25, 0.3) is 0 Å². The van der Waals surface area contributed by atoms with Crippen LogP contribution in [-0.4, -0.2) is 19.7 Å². The van der Waals surface area contributed by atoms with Crippen molar-refractivity contribution in [1.82, 2.24) is 0 Å². The Hall–Kier alpha value is -4.44. The van der Waals surface area contributed by atoms with E-state index >= 15 is 0 Å². The van der Waals surface area contributed by atoms with Crippen molar-refractivity contribution in [3.05, 3.63) is 95.4 Å². The second kappa shape index (κ2) is 9.14. The van der Waals surface area contributed by atoms with Crippen LogP contribution < -0.4 is 24.7 Å². The Morgan fingerprint density at radius 3 is 2.56 bits per heavy atom. The van der Waals surface area contributed by atoms with Gasteiger partial charge in [0.1, 0.15) is 34.6 Å². The van der Waals surface area contributed by atoms with Crippen molar-refractivity contribution >= 4 is 5.97 Å². The number of fused-ring (bicyclic) bond motifs is 1. The van der Waals surface area contributed by atoms with Crippen LogP contribution in [0.2, 0.25) is 0 Å². The number of carbonyl (C=O) groups is 1. The van der Waals surface area contributed by atoms with Crippen molar-refractivity contribution in [3.8, 4) is 29.1 Å². The normalized spacial score (nSPS) is 14.6. The number of rotatable bonds is 6. The van der Waals surface area contributed by atoms with Gasteiger partial charge >= 0.3 is 5.97 Å². The summed E-state index contributed by atoms with van der Waals surface area (Å²) in [4.78, 5) is 12.2. The molecule has 7 nitrogen and oxygen atoms in total. The molecule has 0 aliphatic carbocycles. The lowest BCUT2D eigenvalue weighted by atomic mass is 9.83. The van der Waals surface area contributed by atoms with E-state index in [0.29, 0.717) is 22.8 Å². The highest BCUT2D eigenvalue weighted by molar-refractivity contribution is 5.74. The van der Waals surface area contributed by atoms with Crippen molar-refractivity contribution in [2.45, 2.75) is 5.92 Å². The first kappa shape index (κ1) is 20.8. The van der Waals surface area contributed by atoms with Crippen LogP contribution in [0.3, 0.4) is 0 Å². The average Bonchev–Trinajstić information content (AvgIpc) is 2.82. The predicted molar refractivity (Wildman–Crippen MR) is 116 cm³/mol. The van der Waals surface area contributed by atoms with Crippen LogP contribution in [-0.2, 0) is 4.79 Å². The molecule has 3 aromatic rings. The van der Waals surface area contributed by atoms with Gasteiger partial charge in [0.05, 0.1) is 13.0 Å². The number of ether oxygens (including phenoxy) is 4. The molecule has 0 amide bonds. The maximum Gasteiger partial charge on any atom is 0.349 e. The molecular formula is C25H20N2O5. The maximum atomic E-state index is 12.2. The van der Waals surface area contributed by atoms with Crippen molar-refractivity contribution in [3.63, 3.8) is 0 Å². The first-order valence-electron chi connectivity index (χ1n) is 9.83. The molecule has 1 atom stereocenters. The molecule has 160 valence electrons. The number of para-hydroxylation sites is 1. The molecular weight excluding hydrogens is 408 g/mol. The zero-order chi connectivity index (χ0) is 22.5. The summed E-state index contributed by atoms with van der Waals surface area (Å²) in [5, 5.41) is 9.69. The average molecular weight is 428 g/mol. The zero-order valence-corrected chi connectivity index (χ0v) is 17.3. The second-order valence-electron chi connectivity index (χ2n) is 6.98. The number of nitriles is 1. The molecule has 0 saturated heterocycles. The highest BCUT2D eigenvalue weighted by Gasteiger charge is 2.31. The molecule has 1 aliphatic heterocycles. The molecule has 0 fully saturated rings. The summed E-state index contributed by atoms with van der Waals surface area (Å²) in [5.41, 5.74) is 7.89. The number of methoxy groups -OCH3 is 1. The molecule has 2 N–H and O–H groups in total.